The van der Waals surface area contributed by atoms with Crippen LogP contribution < -0.4 is 5.32 Å². The Hall–Kier alpha value is -3.56. The largest absolute Gasteiger partial charge is 0.454 e. The van der Waals surface area contributed by atoms with Gasteiger partial charge >= 0.3 is 5.97 Å². The molecule has 0 atom stereocenters. The molecular formula is C21H14ClN3O5S. The van der Waals surface area contributed by atoms with Crippen LogP contribution in [0.15, 0.2) is 53.9 Å². The van der Waals surface area contributed by atoms with E-state index in [2.05, 4.69) is 10.3 Å². The average Bonchev–Trinajstić information content (AvgIpc) is 3.31. The fraction of sp³-hybridized carbons (Fsp3) is 0.0952. The summed E-state index contributed by atoms with van der Waals surface area (Å²) >= 11 is 7.34. The number of thiazole rings is 1. The van der Waals surface area contributed by atoms with Crippen molar-refractivity contribution in [3.8, 4) is 11.3 Å². The van der Waals surface area contributed by atoms with Gasteiger partial charge in [-0.3, -0.25) is 29.4 Å². The maximum absolute atomic E-state index is 12.3. The van der Waals surface area contributed by atoms with Gasteiger partial charge in [0.05, 0.1) is 16.8 Å². The van der Waals surface area contributed by atoms with Crippen molar-refractivity contribution in [2.24, 2.45) is 0 Å². The summed E-state index contributed by atoms with van der Waals surface area (Å²) in [6, 6.07) is 13.5. The van der Waals surface area contributed by atoms with Crippen molar-refractivity contribution in [3.63, 3.8) is 0 Å². The molecule has 2 aromatic carbocycles. The van der Waals surface area contributed by atoms with E-state index in [9.17, 15) is 19.2 Å². The highest BCUT2D eigenvalue weighted by atomic mass is 35.5. The second-order valence-electron chi connectivity index (χ2n) is 6.47. The van der Waals surface area contributed by atoms with E-state index in [0.717, 1.165) is 10.5 Å². The molecule has 0 fully saturated rings. The Morgan fingerprint density at radius 3 is 2.26 bits per heavy atom. The summed E-state index contributed by atoms with van der Waals surface area (Å²) in [5.41, 5.74) is 1.80. The third kappa shape index (κ3) is 4.32. The number of anilines is 1. The Balaban J connectivity index is 1.30. The molecule has 1 aliphatic heterocycles. The van der Waals surface area contributed by atoms with E-state index >= 15 is 0 Å². The van der Waals surface area contributed by atoms with Crippen LogP contribution in [0.4, 0.5) is 5.13 Å². The summed E-state index contributed by atoms with van der Waals surface area (Å²) in [4.78, 5) is 53.8. The first kappa shape index (κ1) is 20.7. The average molecular weight is 456 g/mol. The third-order valence-corrected chi connectivity index (χ3v) is 5.52. The summed E-state index contributed by atoms with van der Waals surface area (Å²) in [6.07, 6.45) is 0. The second kappa shape index (κ2) is 8.66. The molecule has 0 aliphatic carbocycles. The number of halogens is 1. The monoisotopic (exact) mass is 455 g/mol. The number of aromatic nitrogens is 1. The quantitative estimate of drug-likeness (QED) is 0.452. The van der Waals surface area contributed by atoms with Gasteiger partial charge in [-0.2, -0.15) is 0 Å². The van der Waals surface area contributed by atoms with E-state index in [4.69, 9.17) is 16.3 Å². The summed E-state index contributed by atoms with van der Waals surface area (Å²) in [5, 5.41) is 5.13. The van der Waals surface area contributed by atoms with Gasteiger partial charge in [-0.25, -0.2) is 4.98 Å². The summed E-state index contributed by atoms with van der Waals surface area (Å²) in [5.74, 6) is -2.62. The van der Waals surface area contributed by atoms with Crippen molar-refractivity contribution < 1.29 is 23.9 Å². The van der Waals surface area contributed by atoms with Crippen molar-refractivity contribution in [1.29, 1.82) is 0 Å². The number of hydrogen-bond donors (Lipinski definition) is 1. The number of amides is 3. The standard InChI is InChI=1S/C21H14ClN3O5S/c22-15-8-4-3-7-14(15)16-11-31-21(23-16)24-17(26)10-30-18(27)9-25-19(28)12-5-1-2-6-13(12)20(25)29/h1-8,11H,9-10H2,(H,23,24,26). The van der Waals surface area contributed by atoms with Crippen molar-refractivity contribution >= 4 is 51.8 Å². The molecular weight excluding hydrogens is 442 g/mol. The lowest BCUT2D eigenvalue weighted by Crippen LogP contribution is -2.36. The normalized spacial score (nSPS) is 12.6. The van der Waals surface area contributed by atoms with Gasteiger partial charge in [0, 0.05) is 16.0 Å². The van der Waals surface area contributed by atoms with E-state index in [1.165, 1.54) is 23.5 Å². The Bertz CT molecular complexity index is 1170. The molecule has 31 heavy (non-hydrogen) atoms. The number of hydrogen-bond acceptors (Lipinski definition) is 7. The number of carbonyl (C=O) groups is 4. The van der Waals surface area contributed by atoms with Crippen LogP contribution in [0.3, 0.4) is 0 Å². The van der Waals surface area contributed by atoms with Crippen LogP contribution in [0.2, 0.25) is 5.02 Å². The number of nitrogens with zero attached hydrogens (tertiary/aromatic N) is 2. The number of benzene rings is 2. The van der Waals surface area contributed by atoms with Gasteiger partial charge in [0.1, 0.15) is 6.54 Å². The van der Waals surface area contributed by atoms with Gasteiger partial charge in [0.2, 0.25) is 0 Å². The molecule has 1 aromatic heterocycles. The van der Waals surface area contributed by atoms with Gasteiger partial charge in [0.15, 0.2) is 11.7 Å². The van der Waals surface area contributed by atoms with E-state index < -0.39 is 36.8 Å². The molecule has 156 valence electrons. The molecule has 0 saturated heterocycles. The van der Waals surface area contributed by atoms with Gasteiger partial charge in [-0.1, -0.05) is 41.9 Å². The third-order valence-electron chi connectivity index (χ3n) is 4.43. The lowest BCUT2D eigenvalue weighted by atomic mass is 10.1. The number of fused-ring (bicyclic) bond motifs is 1. The van der Waals surface area contributed by atoms with Gasteiger partial charge in [-0.05, 0) is 18.2 Å². The summed E-state index contributed by atoms with van der Waals surface area (Å²) in [7, 11) is 0. The zero-order valence-electron chi connectivity index (χ0n) is 15.8. The fourth-order valence-electron chi connectivity index (χ4n) is 2.98. The molecule has 4 rings (SSSR count). The van der Waals surface area contributed by atoms with Crippen LogP contribution >= 0.6 is 22.9 Å². The molecule has 0 bridgehead atoms. The van der Waals surface area contributed by atoms with E-state index in [1.807, 2.05) is 12.1 Å². The maximum atomic E-state index is 12.3. The molecule has 3 amide bonds. The second-order valence-corrected chi connectivity index (χ2v) is 7.73. The molecule has 2 heterocycles. The van der Waals surface area contributed by atoms with Crippen LogP contribution in [-0.2, 0) is 14.3 Å². The van der Waals surface area contributed by atoms with Crippen LogP contribution in [0.25, 0.3) is 11.3 Å². The number of carbonyl (C=O) groups excluding carboxylic acids is 4. The molecule has 0 saturated carbocycles. The predicted octanol–water partition coefficient (Wildman–Crippen LogP) is 3.24. The van der Waals surface area contributed by atoms with E-state index in [0.29, 0.717) is 15.8 Å². The van der Waals surface area contributed by atoms with E-state index in [1.54, 1.807) is 29.6 Å². The van der Waals surface area contributed by atoms with Crippen molar-refractivity contribution in [1.82, 2.24) is 9.88 Å². The number of esters is 1. The number of rotatable bonds is 6. The van der Waals surface area contributed by atoms with Crippen molar-refractivity contribution in [2.75, 3.05) is 18.5 Å². The van der Waals surface area contributed by atoms with E-state index in [-0.39, 0.29) is 11.1 Å². The van der Waals surface area contributed by atoms with Crippen molar-refractivity contribution in [2.45, 2.75) is 0 Å². The molecule has 8 nitrogen and oxygen atoms in total. The highest BCUT2D eigenvalue weighted by Gasteiger charge is 2.36. The molecule has 0 radical (unpaired) electrons. The first-order valence-corrected chi connectivity index (χ1v) is 10.3. The molecule has 10 heteroatoms. The first-order valence-electron chi connectivity index (χ1n) is 9.05. The zero-order chi connectivity index (χ0) is 22.0. The number of ether oxygens (including phenoxy) is 1. The topological polar surface area (TPSA) is 106 Å². The maximum Gasteiger partial charge on any atom is 0.326 e. The van der Waals surface area contributed by atoms with Crippen LogP contribution in [0, 0.1) is 0 Å². The smallest absolute Gasteiger partial charge is 0.326 e. The minimum Gasteiger partial charge on any atom is -0.454 e. The Morgan fingerprint density at radius 1 is 1.00 bits per heavy atom. The van der Waals surface area contributed by atoms with Gasteiger partial charge < -0.3 is 4.74 Å². The highest BCUT2D eigenvalue weighted by Crippen LogP contribution is 2.30. The Kier molecular flexibility index (Phi) is 5.79. The van der Waals surface area contributed by atoms with Crippen molar-refractivity contribution in [3.05, 3.63) is 70.1 Å². The fourth-order valence-corrected chi connectivity index (χ4v) is 3.94. The molecule has 0 unspecified atom stereocenters. The SMILES string of the molecule is O=C(COC(=O)CN1C(=O)c2ccccc2C1=O)Nc1nc(-c2ccccc2Cl)cs1. The number of nitrogens with one attached hydrogen (secondary N) is 1. The minimum atomic E-state index is -0.874. The van der Waals surface area contributed by atoms with Crippen LogP contribution in [0.1, 0.15) is 20.7 Å². The molecule has 1 N–H and O–H groups in total. The van der Waals surface area contributed by atoms with Crippen LogP contribution in [-0.4, -0.2) is 46.7 Å². The first-order chi connectivity index (χ1) is 14.9. The molecule has 0 spiro atoms. The number of imide groups is 1. The lowest BCUT2D eigenvalue weighted by Gasteiger charge is -2.12. The Morgan fingerprint density at radius 2 is 1.61 bits per heavy atom. The molecule has 3 aromatic rings. The van der Waals surface area contributed by atoms with Crippen LogP contribution in [0.5, 0.6) is 0 Å². The van der Waals surface area contributed by atoms with Gasteiger partial charge in [-0.15, -0.1) is 11.3 Å². The predicted molar refractivity (Wildman–Crippen MR) is 114 cm³/mol. The minimum absolute atomic E-state index is 0.233. The zero-order valence-corrected chi connectivity index (χ0v) is 17.4. The Labute approximate surface area is 185 Å². The molecule has 1 aliphatic rings. The summed E-state index contributed by atoms with van der Waals surface area (Å²) in [6.45, 7) is -1.16. The van der Waals surface area contributed by atoms with Gasteiger partial charge in [0.25, 0.3) is 17.7 Å². The summed E-state index contributed by atoms with van der Waals surface area (Å²) < 4.78 is 4.90. The highest BCUT2D eigenvalue weighted by molar-refractivity contribution is 7.14. The lowest BCUT2D eigenvalue weighted by molar-refractivity contribution is -0.147.